The van der Waals surface area contributed by atoms with E-state index in [-0.39, 0.29) is 12.5 Å². The van der Waals surface area contributed by atoms with Gasteiger partial charge in [0.2, 0.25) is 5.91 Å². The number of carbonyl (C=O) groups excluding carboxylic acids is 1. The summed E-state index contributed by atoms with van der Waals surface area (Å²) >= 11 is 0. The number of aryl methyl sites for hydroxylation is 1. The van der Waals surface area contributed by atoms with Gasteiger partial charge in [0, 0.05) is 5.69 Å². The van der Waals surface area contributed by atoms with E-state index in [9.17, 15) is 4.79 Å². The lowest BCUT2D eigenvalue weighted by molar-refractivity contribution is -0.116. The Balaban J connectivity index is 1.74. The molecule has 1 aromatic heterocycles. The van der Waals surface area contributed by atoms with Crippen LogP contribution in [0.15, 0.2) is 48.5 Å². The first-order valence-electron chi connectivity index (χ1n) is 6.93. The Morgan fingerprint density at radius 2 is 2.05 bits per heavy atom. The zero-order valence-electron chi connectivity index (χ0n) is 11.8. The topological polar surface area (TPSA) is 59.8 Å². The van der Waals surface area contributed by atoms with Gasteiger partial charge in [0.1, 0.15) is 12.1 Å². The fourth-order valence-corrected chi connectivity index (χ4v) is 2.24. The van der Waals surface area contributed by atoms with Crippen molar-refractivity contribution in [2.24, 2.45) is 0 Å². The summed E-state index contributed by atoms with van der Waals surface area (Å²) in [6.07, 6.45) is 0.942. The van der Waals surface area contributed by atoms with Gasteiger partial charge in [0.05, 0.1) is 5.52 Å². The number of fused-ring (bicyclic) bond motifs is 1. The second-order valence-corrected chi connectivity index (χ2v) is 4.84. The second-order valence-electron chi connectivity index (χ2n) is 4.84. The Hall–Kier alpha value is -2.69. The van der Waals surface area contributed by atoms with Gasteiger partial charge < -0.3 is 5.32 Å². The van der Waals surface area contributed by atoms with Crippen LogP contribution in [0.2, 0.25) is 0 Å². The molecule has 0 atom stereocenters. The maximum absolute atomic E-state index is 12.1. The average molecular weight is 280 g/mol. The molecule has 1 heterocycles. The minimum atomic E-state index is -0.112. The third-order valence-electron chi connectivity index (χ3n) is 3.33. The Kier molecular flexibility index (Phi) is 3.64. The van der Waals surface area contributed by atoms with E-state index in [0.717, 1.165) is 23.1 Å². The summed E-state index contributed by atoms with van der Waals surface area (Å²) in [5, 5.41) is 10.9. The predicted molar refractivity (Wildman–Crippen MR) is 82.0 cm³/mol. The lowest BCUT2D eigenvalue weighted by atomic mass is 10.1. The summed E-state index contributed by atoms with van der Waals surface area (Å²) in [6.45, 7) is 2.24. The lowest BCUT2D eigenvalue weighted by Gasteiger charge is -2.07. The van der Waals surface area contributed by atoms with Crippen LogP contribution in [0.4, 0.5) is 5.69 Å². The van der Waals surface area contributed by atoms with E-state index in [2.05, 4.69) is 22.6 Å². The number of anilines is 1. The van der Waals surface area contributed by atoms with E-state index in [1.165, 1.54) is 5.56 Å². The van der Waals surface area contributed by atoms with Crippen molar-refractivity contribution in [3.63, 3.8) is 0 Å². The monoisotopic (exact) mass is 280 g/mol. The van der Waals surface area contributed by atoms with Gasteiger partial charge in [-0.05, 0) is 36.2 Å². The van der Waals surface area contributed by atoms with E-state index in [0.29, 0.717) is 0 Å². The van der Waals surface area contributed by atoms with Crippen molar-refractivity contribution >= 4 is 22.6 Å². The number of carbonyl (C=O) groups is 1. The van der Waals surface area contributed by atoms with Crippen molar-refractivity contribution in [3.8, 4) is 0 Å². The molecular formula is C16H16N4O. The largest absolute Gasteiger partial charge is 0.324 e. The molecule has 0 unspecified atom stereocenters. The molecule has 106 valence electrons. The minimum Gasteiger partial charge on any atom is -0.324 e. The molecular weight excluding hydrogens is 264 g/mol. The normalized spacial score (nSPS) is 10.7. The molecule has 3 rings (SSSR count). The van der Waals surface area contributed by atoms with Crippen LogP contribution in [-0.2, 0) is 17.8 Å². The molecule has 0 aliphatic rings. The summed E-state index contributed by atoms with van der Waals surface area (Å²) in [5.74, 6) is -0.112. The van der Waals surface area contributed by atoms with Crippen LogP contribution in [0.25, 0.3) is 11.0 Å². The first kappa shape index (κ1) is 13.3. The summed E-state index contributed by atoms with van der Waals surface area (Å²) < 4.78 is 1.61. The fraction of sp³-hybridized carbons (Fsp3) is 0.188. The summed E-state index contributed by atoms with van der Waals surface area (Å²) in [4.78, 5) is 12.1. The number of benzene rings is 2. The summed E-state index contributed by atoms with van der Waals surface area (Å²) in [6, 6.07) is 15.4. The van der Waals surface area contributed by atoms with Crippen LogP contribution in [0.1, 0.15) is 12.5 Å². The number of aromatic nitrogens is 3. The molecule has 5 heteroatoms. The second kappa shape index (κ2) is 5.75. The number of hydrogen-bond donors (Lipinski definition) is 1. The van der Waals surface area contributed by atoms with Crippen LogP contribution >= 0.6 is 0 Å². The number of hydrogen-bond acceptors (Lipinski definition) is 3. The maximum atomic E-state index is 12.1. The molecule has 2 aromatic carbocycles. The van der Waals surface area contributed by atoms with Crippen molar-refractivity contribution in [3.05, 3.63) is 54.1 Å². The molecule has 0 fully saturated rings. The molecule has 21 heavy (non-hydrogen) atoms. The number of para-hydroxylation sites is 1. The average Bonchev–Trinajstić information content (AvgIpc) is 2.91. The highest BCUT2D eigenvalue weighted by Crippen LogP contribution is 2.12. The Labute approximate surface area is 122 Å². The standard InChI is InChI=1S/C16H16N4O/c1-2-12-6-5-7-13(10-12)17-16(21)11-20-15-9-4-3-8-14(15)18-19-20/h3-10H,2,11H2,1H3,(H,17,21). The third kappa shape index (κ3) is 2.91. The van der Waals surface area contributed by atoms with Crippen LogP contribution in [0.5, 0.6) is 0 Å². The Morgan fingerprint density at radius 1 is 1.19 bits per heavy atom. The Morgan fingerprint density at radius 3 is 2.90 bits per heavy atom. The van der Waals surface area contributed by atoms with E-state index in [4.69, 9.17) is 0 Å². The van der Waals surface area contributed by atoms with Gasteiger partial charge in [-0.25, -0.2) is 4.68 Å². The number of rotatable bonds is 4. The van der Waals surface area contributed by atoms with Gasteiger partial charge in [0.15, 0.2) is 0 Å². The molecule has 1 amide bonds. The molecule has 0 aliphatic heterocycles. The number of nitrogens with zero attached hydrogens (tertiary/aromatic N) is 3. The van der Waals surface area contributed by atoms with Crippen LogP contribution in [-0.4, -0.2) is 20.9 Å². The van der Waals surface area contributed by atoms with Gasteiger partial charge in [0.25, 0.3) is 0 Å². The van der Waals surface area contributed by atoms with Gasteiger partial charge in [-0.3, -0.25) is 4.79 Å². The molecule has 0 radical (unpaired) electrons. The van der Waals surface area contributed by atoms with Crippen LogP contribution in [0.3, 0.4) is 0 Å². The predicted octanol–water partition coefficient (Wildman–Crippen LogP) is 2.63. The smallest absolute Gasteiger partial charge is 0.246 e. The first-order valence-corrected chi connectivity index (χ1v) is 6.93. The minimum absolute atomic E-state index is 0.112. The van der Waals surface area contributed by atoms with Crippen molar-refractivity contribution < 1.29 is 4.79 Å². The molecule has 5 nitrogen and oxygen atoms in total. The lowest BCUT2D eigenvalue weighted by Crippen LogP contribution is -2.19. The van der Waals surface area contributed by atoms with Crippen molar-refractivity contribution in [1.82, 2.24) is 15.0 Å². The van der Waals surface area contributed by atoms with Gasteiger partial charge in [-0.2, -0.15) is 0 Å². The quantitative estimate of drug-likeness (QED) is 0.799. The van der Waals surface area contributed by atoms with Crippen molar-refractivity contribution in [2.45, 2.75) is 19.9 Å². The first-order chi connectivity index (χ1) is 10.3. The van der Waals surface area contributed by atoms with Crippen LogP contribution < -0.4 is 5.32 Å². The van der Waals surface area contributed by atoms with Gasteiger partial charge in [-0.15, -0.1) is 5.10 Å². The van der Waals surface area contributed by atoms with E-state index in [1.54, 1.807) is 4.68 Å². The SMILES string of the molecule is CCc1cccc(NC(=O)Cn2nnc3ccccc32)c1. The zero-order chi connectivity index (χ0) is 14.7. The van der Waals surface area contributed by atoms with E-state index in [1.807, 2.05) is 48.5 Å². The molecule has 0 saturated carbocycles. The van der Waals surface area contributed by atoms with E-state index >= 15 is 0 Å². The maximum Gasteiger partial charge on any atom is 0.246 e. The van der Waals surface area contributed by atoms with Gasteiger partial charge in [-0.1, -0.05) is 36.4 Å². The summed E-state index contributed by atoms with van der Waals surface area (Å²) in [5.41, 5.74) is 3.65. The molecule has 0 saturated heterocycles. The number of nitrogens with one attached hydrogen (secondary N) is 1. The van der Waals surface area contributed by atoms with Gasteiger partial charge >= 0.3 is 0 Å². The highest BCUT2D eigenvalue weighted by molar-refractivity contribution is 5.91. The molecule has 1 N–H and O–H groups in total. The van der Waals surface area contributed by atoms with Crippen LogP contribution in [0, 0.1) is 0 Å². The highest BCUT2D eigenvalue weighted by atomic mass is 16.2. The highest BCUT2D eigenvalue weighted by Gasteiger charge is 2.08. The molecule has 3 aromatic rings. The zero-order valence-corrected chi connectivity index (χ0v) is 11.8. The Bertz CT molecular complexity index is 779. The summed E-state index contributed by atoms with van der Waals surface area (Å²) in [7, 11) is 0. The number of amides is 1. The molecule has 0 bridgehead atoms. The fourth-order valence-electron chi connectivity index (χ4n) is 2.24. The van der Waals surface area contributed by atoms with Crippen molar-refractivity contribution in [2.75, 3.05) is 5.32 Å². The van der Waals surface area contributed by atoms with Crippen molar-refractivity contribution in [1.29, 1.82) is 0 Å². The molecule has 0 spiro atoms. The van der Waals surface area contributed by atoms with E-state index < -0.39 is 0 Å². The molecule has 0 aliphatic carbocycles. The third-order valence-corrected chi connectivity index (χ3v) is 3.33.